The normalized spacial score (nSPS) is 10.7. The molecule has 4 nitrogen and oxygen atoms in total. The summed E-state index contributed by atoms with van der Waals surface area (Å²) in [6.07, 6.45) is -0.288. The molecule has 0 fully saturated rings. The van der Waals surface area contributed by atoms with Crippen molar-refractivity contribution in [2.45, 2.75) is 13.2 Å². The van der Waals surface area contributed by atoms with Gasteiger partial charge in [0.15, 0.2) is 0 Å². The van der Waals surface area contributed by atoms with Gasteiger partial charge in [-0.05, 0) is 37.4 Å². The van der Waals surface area contributed by atoms with Gasteiger partial charge in [0, 0.05) is 24.1 Å². The molecule has 24 heavy (non-hydrogen) atoms. The maximum atomic E-state index is 12.5. The van der Waals surface area contributed by atoms with Crippen LogP contribution >= 0.6 is 15.9 Å². The second kappa shape index (κ2) is 9.45. The average molecular weight is 391 g/mol. The van der Waals surface area contributed by atoms with Crippen LogP contribution in [0.1, 0.15) is 11.1 Å². The maximum Gasteiger partial charge on any atom is 0.410 e. The van der Waals surface area contributed by atoms with Crippen molar-refractivity contribution < 1.29 is 9.53 Å². The van der Waals surface area contributed by atoms with Crippen LogP contribution in [-0.4, -0.2) is 43.1 Å². The summed E-state index contributed by atoms with van der Waals surface area (Å²) < 4.78 is 6.50. The molecule has 1 amide bonds. The Morgan fingerprint density at radius 1 is 0.958 bits per heavy atom. The number of halogens is 1. The van der Waals surface area contributed by atoms with Crippen molar-refractivity contribution in [3.63, 3.8) is 0 Å². The second-order valence-corrected chi connectivity index (χ2v) is 6.81. The lowest BCUT2D eigenvalue weighted by Crippen LogP contribution is -2.36. The summed E-state index contributed by atoms with van der Waals surface area (Å²) >= 11 is 3.43. The van der Waals surface area contributed by atoms with E-state index in [9.17, 15) is 4.79 Å². The Morgan fingerprint density at radius 3 is 2.25 bits per heavy atom. The molecular formula is C19H23BrN2O2. The highest BCUT2D eigenvalue weighted by Crippen LogP contribution is 2.13. The Balaban J connectivity index is 1.98. The fourth-order valence-electron chi connectivity index (χ4n) is 2.18. The first-order valence-electron chi connectivity index (χ1n) is 7.89. The number of nitrogens with zero attached hydrogens (tertiary/aromatic N) is 2. The zero-order valence-electron chi connectivity index (χ0n) is 14.1. The maximum absolute atomic E-state index is 12.5. The molecule has 0 aliphatic rings. The van der Waals surface area contributed by atoms with Crippen molar-refractivity contribution in [3.05, 3.63) is 70.2 Å². The number of hydrogen-bond acceptors (Lipinski definition) is 3. The molecule has 0 heterocycles. The van der Waals surface area contributed by atoms with Gasteiger partial charge in [0.1, 0.15) is 6.61 Å². The molecule has 0 saturated heterocycles. The molecule has 0 aliphatic carbocycles. The number of likely N-dealkylation sites (N-methyl/N-ethyl adjacent to an activating group) is 1. The molecule has 0 bridgehead atoms. The summed E-state index contributed by atoms with van der Waals surface area (Å²) in [6, 6.07) is 17.7. The number of ether oxygens (including phenoxy) is 1. The van der Waals surface area contributed by atoms with E-state index in [0.29, 0.717) is 19.7 Å². The summed E-state index contributed by atoms with van der Waals surface area (Å²) in [6.45, 7) is 2.24. The van der Waals surface area contributed by atoms with Crippen LogP contribution in [0.3, 0.4) is 0 Å². The second-order valence-electron chi connectivity index (χ2n) is 5.89. The van der Waals surface area contributed by atoms with Crippen LogP contribution in [0, 0.1) is 0 Å². The van der Waals surface area contributed by atoms with Crippen LogP contribution in [0.15, 0.2) is 59.1 Å². The predicted molar refractivity (Wildman–Crippen MR) is 99.7 cm³/mol. The summed E-state index contributed by atoms with van der Waals surface area (Å²) in [5, 5.41) is 0. The number of amides is 1. The van der Waals surface area contributed by atoms with Crippen LogP contribution in [0.5, 0.6) is 0 Å². The standard InChI is InChI=1S/C19H23BrN2O2/c1-21(2)12-13-22(14-16-8-10-18(20)11-9-16)19(23)24-15-17-6-4-3-5-7-17/h3-11H,12-15H2,1-2H3. The van der Waals surface area contributed by atoms with E-state index in [2.05, 4.69) is 20.8 Å². The Bertz CT molecular complexity index is 630. The molecule has 2 rings (SSSR count). The third kappa shape index (κ3) is 6.34. The van der Waals surface area contributed by atoms with E-state index >= 15 is 0 Å². The van der Waals surface area contributed by atoms with Gasteiger partial charge in [-0.2, -0.15) is 0 Å². The molecule has 0 aromatic heterocycles. The molecule has 0 radical (unpaired) electrons. The van der Waals surface area contributed by atoms with E-state index < -0.39 is 0 Å². The summed E-state index contributed by atoms with van der Waals surface area (Å²) in [5.41, 5.74) is 2.07. The molecule has 0 N–H and O–H groups in total. The van der Waals surface area contributed by atoms with Crippen molar-refractivity contribution in [2.24, 2.45) is 0 Å². The van der Waals surface area contributed by atoms with Gasteiger partial charge in [0.05, 0.1) is 0 Å². The molecule has 0 spiro atoms. The summed E-state index contributed by atoms with van der Waals surface area (Å²) in [7, 11) is 3.99. The van der Waals surface area contributed by atoms with E-state index in [1.165, 1.54) is 0 Å². The molecule has 0 atom stereocenters. The first-order chi connectivity index (χ1) is 11.5. The van der Waals surface area contributed by atoms with Crippen LogP contribution < -0.4 is 0 Å². The van der Waals surface area contributed by atoms with Gasteiger partial charge in [-0.25, -0.2) is 4.79 Å². The Hall–Kier alpha value is -1.85. The van der Waals surface area contributed by atoms with Crippen LogP contribution in [0.2, 0.25) is 0 Å². The van der Waals surface area contributed by atoms with Crippen LogP contribution in [0.4, 0.5) is 4.79 Å². The minimum Gasteiger partial charge on any atom is -0.445 e. The topological polar surface area (TPSA) is 32.8 Å². The van der Waals surface area contributed by atoms with Gasteiger partial charge in [-0.1, -0.05) is 58.4 Å². The quantitative estimate of drug-likeness (QED) is 0.711. The van der Waals surface area contributed by atoms with Gasteiger partial charge < -0.3 is 14.5 Å². The summed E-state index contributed by atoms with van der Waals surface area (Å²) in [4.78, 5) is 16.3. The highest BCUT2D eigenvalue weighted by atomic mass is 79.9. The van der Waals surface area contributed by atoms with Crippen LogP contribution in [0.25, 0.3) is 0 Å². The van der Waals surface area contributed by atoms with E-state index in [4.69, 9.17) is 4.74 Å². The zero-order chi connectivity index (χ0) is 17.4. The van der Waals surface area contributed by atoms with E-state index in [1.54, 1.807) is 4.90 Å². The monoisotopic (exact) mass is 390 g/mol. The van der Waals surface area contributed by atoms with E-state index in [0.717, 1.165) is 22.1 Å². The fourth-order valence-corrected chi connectivity index (χ4v) is 2.44. The Labute approximate surface area is 152 Å². The summed E-state index contributed by atoms with van der Waals surface area (Å²) in [5.74, 6) is 0. The zero-order valence-corrected chi connectivity index (χ0v) is 15.7. The first kappa shape index (κ1) is 18.5. The third-order valence-corrected chi connectivity index (χ3v) is 4.10. The lowest BCUT2D eigenvalue weighted by atomic mass is 10.2. The highest BCUT2D eigenvalue weighted by Gasteiger charge is 2.16. The number of carbonyl (C=O) groups is 1. The molecule has 0 aliphatic heterocycles. The lowest BCUT2D eigenvalue weighted by Gasteiger charge is -2.24. The molecule has 2 aromatic carbocycles. The number of carbonyl (C=O) groups excluding carboxylic acids is 1. The predicted octanol–water partition coefficient (Wildman–Crippen LogP) is 4.15. The minimum absolute atomic E-state index is 0.288. The van der Waals surface area contributed by atoms with Gasteiger partial charge in [-0.3, -0.25) is 0 Å². The van der Waals surface area contributed by atoms with Crippen molar-refractivity contribution in [1.82, 2.24) is 9.80 Å². The van der Waals surface area contributed by atoms with Crippen LogP contribution in [-0.2, 0) is 17.9 Å². The molecular weight excluding hydrogens is 368 g/mol. The number of benzene rings is 2. The molecule has 0 saturated carbocycles. The largest absolute Gasteiger partial charge is 0.445 e. The van der Waals surface area contributed by atoms with Crippen molar-refractivity contribution in [1.29, 1.82) is 0 Å². The van der Waals surface area contributed by atoms with Gasteiger partial charge in [0.25, 0.3) is 0 Å². The van der Waals surface area contributed by atoms with Crippen molar-refractivity contribution in [2.75, 3.05) is 27.2 Å². The molecule has 128 valence electrons. The van der Waals surface area contributed by atoms with Gasteiger partial charge in [0.2, 0.25) is 0 Å². The fraction of sp³-hybridized carbons (Fsp3) is 0.316. The smallest absolute Gasteiger partial charge is 0.410 e. The molecule has 5 heteroatoms. The SMILES string of the molecule is CN(C)CCN(Cc1ccc(Br)cc1)C(=O)OCc1ccccc1. The van der Waals surface area contributed by atoms with Gasteiger partial charge >= 0.3 is 6.09 Å². The number of rotatable bonds is 7. The van der Waals surface area contributed by atoms with E-state index in [-0.39, 0.29) is 6.09 Å². The third-order valence-electron chi connectivity index (χ3n) is 3.57. The minimum atomic E-state index is -0.288. The Morgan fingerprint density at radius 2 is 1.62 bits per heavy atom. The van der Waals surface area contributed by atoms with Crippen molar-refractivity contribution in [3.8, 4) is 0 Å². The van der Waals surface area contributed by atoms with E-state index in [1.807, 2.05) is 68.7 Å². The molecule has 2 aromatic rings. The van der Waals surface area contributed by atoms with Gasteiger partial charge in [-0.15, -0.1) is 0 Å². The Kier molecular flexibility index (Phi) is 7.28. The van der Waals surface area contributed by atoms with Crippen molar-refractivity contribution >= 4 is 22.0 Å². The highest BCUT2D eigenvalue weighted by molar-refractivity contribution is 9.10. The molecule has 0 unspecified atom stereocenters. The first-order valence-corrected chi connectivity index (χ1v) is 8.68. The number of hydrogen-bond donors (Lipinski definition) is 0. The lowest BCUT2D eigenvalue weighted by molar-refractivity contribution is 0.0911. The average Bonchev–Trinajstić information content (AvgIpc) is 2.59.